The predicted molar refractivity (Wildman–Crippen MR) is 95.8 cm³/mol. The fourth-order valence-corrected chi connectivity index (χ4v) is 3.42. The smallest absolute Gasteiger partial charge is 0.253 e. The van der Waals surface area contributed by atoms with E-state index in [1.807, 2.05) is 0 Å². The maximum atomic E-state index is 12.8. The summed E-state index contributed by atoms with van der Waals surface area (Å²) in [6.07, 6.45) is 1.61. The summed E-state index contributed by atoms with van der Waals surface area (Å²) in [5.74, 6) is 1.78. The Morgan fingerprint density at radius 3 is 2.67 bits per heavy atom. The van der Waals surface area contributed by atoms with Crippen LogP contribution in [0.2, 0.25) is 0 Å². The molecule has 0 radical (unpaired) electrons. The molecular formula is C17H17F2N3O4S. The third-order valence-electron chi connectivity index (χ3n) is 3.66. The Morgan fingerprint density at radius 1 is 1.11 bits per heavy atom. The van der Waals surface area contributed by atoms with Crippen molar-refractivity contribution in [3.05, 3.63) is 36.2 Å². The van der Waals surface area contributed by atoms with E-state index in [4.69, 9.17) is 19.0 Å². The lowest BCUT2D eigenvalue weighted by atomic mass is 10.3. The van der Waals surface area contributed by atoms with E-state index in [-0.39, 0.29) is 0 Å². The van der Waals surface area contributed by atoms with Crippen LogP contribution in [0.1, 0.15) is 5.69 Å². The molecule has 0 saturated heterocycles. The molecule has 10 heteroatoms. The first kappa shape index (κ1) is 19.0. The molecule has 0 amide bonds. The Bertz CT molecular complexity index is 923. The number of benzene rings is 1. The van der Waals surface area contributed by atoms with Gasteiger partial charge in [-0.2, -0.15) is 4.73 Å². The summed E-state index contributed by atoms with van der Waals surface area (Å²) in [4.78, 5) is 13.8. The van der Waals surface area contributed by atoms with Crippen LogP contribution in [-0.2, 0) is 5.75 Å². The average molecular weight is 397 g/mol. The first-order valence-electron chi connectivity index (χ1n) is 7.81. The number of hydrogen-bond acceptors (Lipinski definition) is 7. The molecule has 2 aromatic heterocycles. The van der Waals surface area contributed by atoms with Crippen LogP contribution in [0.5, 0.6) is 17.2 Å². The van der Waals surface area contributed by atoms with Crippen molar-refractivity contribution in [2.45, 2.75) is 10.9 Å². The van der Waals surface area contributed by atoms with Crippen LogP contribution >= 0.6 is 11.8 Å². The summed E-state index contributed by atoms with van der Waals surface area (Å²) in [6, 6.07) is 6.43. The van der Waals surface area contributed by atoms with Gasteiger partial charge in [0.2, 0.25) is 12.0 Å². The SMILES string of the molecule is COc1ccnc(CSc2nc3cc(OCF)ccc3n2OCF)c1OC. The molecule has 0 saturated carbocycles. The Balaban J connectivity index is 1.91. The van der Waals surface area contributed by atoms with Gasteiger partial charge in [0.15, 0.2) is 11.5 Å². The molecule has 0 aliphatic heterocycles. The van der Waals surface area contributed by atoms with E-state index in [1.165, 1.54) is 23.6 Å². The van der Waals surface area contributed by atoms with Crippen LogP contribution in [0.3, 0.4) is 0 Å². The maximum Gasteiger partial charge on any atom is 0.253 e. The fraction of sp³-hybridized carbons (Fsp3) is 0.294. The second-order valence-electron chi connectivity index (χ2n) is 5.11. The number of rotatable bonds is 9. The standard InChI is InChI=1S/C17H17F2N3O4S/c1-23-15-5-6-20-13(16(15)24-2)8-27-17-21-12-7-11(25-9-18)3-4-14(12)22(17)26-10-19/h3-7H,8-10H2,1-2H3. The third-order valence-corrected chi connectivity index (χ3v) is 4.59. The number of ether oxygens (including phenoxy) is 3. The van der Waals surface area contributed by atoms with Gasteiger partial charge in [-0.1, -0.05) is 11.8 Å². The summed E-state index contributed by atoms with van der Waals surface area (Å²) < 4.78 is 42.0. The largest absolute Gasteiger partial charge is 0.493 e. The minimum atomic E-state index is -1.03. The van der Waals surface area contributed by atoms with E-state index in [0.29, 0.717) is 44.9 Å². The van der Waals surface area contributed by atoms with Gasteiger partial charge in [-0.25, -0.2) is 13.8 Å². The Morgan fingerprint density at radius 2 is 1.96 bits per heavy atom. The molecule has 0 unspecified atom stereocenters. The minimum Gasteiger partial charge on any atom is -0.493 e. The van der Waals surface area contributed by atoms with Gasteiger partial charge in [-0.05, 0) is 12.1 Å². The molecule has 2 heterocycles. The number of hydrogen-bond donors (Lipinski definition) is 0. The van der Waals surface area contributed by atoms with Crippen LogP contribution in [0.15, 0.2) is 35.6 Å². The summed E-state index contributed by atoms with van der Waals surface area (Å²) in [7, 11) is 3.07. The molecule has 0 atom stereocenters. The van der Waals surface area contributed by atoms with Crippen LogP contribution in [0.25, 0.3) is 11.0 Å². The van der Waals surface area contributed by atoms with Crippen molar-refractivity contribution in [1.82, 2.24) is 14.7 Å². The van der Waals surface area contributed by atoms with Gasteiger partial charge >= 0.3 is 0 Å². The van der Waals surface area contributed by atoms with Crippen molar-refractivity contribution in [1.29, 1.82) is 0 Å². The Labute approximate surface area is 158 Å². The lowest BCUT2D eigenvalue weighted by Gasteiger charge is -2.11. The second kappa shape index (κ2) is 8.76. The first-order chi connectivity index (χ1) is 13.2. The molecule has 0 spiro atoms. The molecule has 7 nitrogen and oxygen atoms in total. The highest BCUT2D eigenvalue weighted by Crippen LogP contribution is 2.34. The number of thioether (sulfide) groups is 1. The quantitative estimate of drug-likeness (QED) is 0.513. The lowest BCUT2D eigenvalue weighted by Crippen LogP contribution is -2.11. The molecular weight excluding hydrogens is 380 g/mol. The number of fused-ring (bicyclic) bond motifs is 1. The summed E-state index contributed by atoms with van der Waals surface area (Å²) in [5, 5.41) is 0.409. The number of pyridine rings is 1. The highest BCUT2D eigenvalue weighted by atomic mass is 32.2. The lowest BCUT2D eigenvalue weighted by molar-refractivity contribution is 0.0351. The minimum absolute atomic E-state index is 0.322. The normalized spacial score (nSPS) is 10.8. The van der Waals surface area contributed by atoms with E-state index in [9.17, 15) is 8.78 Å². The summed E-state index contributed by atoms with van der Waals surface area (Å²) in [6.45, 7) is -1.97. The Kier molecular flexibility index (Phi) is 6.17. The number of nitrogens with zero attached hydrogens (tertiary/aromatic N) is 3. The molecule has 0 aliphatic rings. The van der Waals surface area contributed by atoms with Crippen molar-refractivity contribution in [2.24, 2.45) is 0 Å². The first-order valence-corrected chi connectivity index (χ1v) is 8.79. The van der Waals surface area contributed by atoms with Gasteiger partial charge in [0, 0.05) is 24.1 Å². The predicted octanol–water partition coefficient (Wildman–Crippen LogP) is 3.40. The molecule has 3 aromatic rings. The van der Waals surface area contributed by atoms with E-state index in [2.05, 4.69) is 9.97 Å². The Hall–Kier alpha value is -2.75. The highest BCUT2D eigenvalue weighted by Gasteiger charge is 2.17. The van der Waals surface area contributed by atoms with Crippen molar-refractivity contribution in [2.75, 3.05) is 27.9 Å². The van der Waals surface area contributed by atoms with Crippen LogP contribution in [0.4, 0.5) is 8.78 Å². The number of aromatic nitrogens is 3. The van der Waals surface area contributed by atoms with Gasteiger partial charge in [0.1, 0.15) is 11.3 Å². The highest BCUT2D eigenvalue weighted by molar-refractivity contribution is 7.98. The van der Waals surface area contributed by atoms with Crippen LogP contribution < -0.4 is 19.0 Å². The second-order valence-corrected chi connectivity index (χ2v) is 6.06. The van der Waals surface area contributed by atoms with Gasteiger partial charge in [0.25, 0.3) is 6.86 Å². The summed E-state index contributed by atoms with van der Waals surface area (Å²) in [5.41, 5.74) is 1.66. The molecule has 0 N–H and O–H groups in total. The maximum absolute atomic E-state index is 12.8. The molecule has 144 valence electrons. The molecule has 3 rings (SSSR count). The van der Waals surface area contributed by atoms with Crippen molar-refractivity contribution in [3.8, 4) is 17.2 Å². The van der Waals surface area contributed by atoms with E-state index < -0.39 is 13.7 Å². The average Bonchev–Trinajstić information content (AvgIpc) is 3.03. The van der Waals surface area contributed by atoms with Gasteiger partial charge in [0.05, 0.1) is 25.4 Å². The van der Waals surface area contributed by atoms with E-state index in [1.54, 1.807) is 37.6 Å². The zero-order chi connectivity index (χ0) is 19.2. The van der Waals surface area contributed by atoms with Crippen molar-refractivity contribution >= 4 is 22.8 Å². The zero-order valence-corrected chi connectivity index (χ0v) is 15.5. The molecule has 0 bridgehead atoms. The van der Waals surface area contributed by atoms with Crippen molar-refractivity contribution in [3.63, 3.8) is 0 Å². The third kappa shape index (κ3) is 4.00. The van der Waals surface area contributed by atoms with Crippen molar-refractivity contribution < 1.29 is 27.8 Å². The zero-order valence-electron chi connectivity index (χ0n) is 14.6. The summed E-state index contributed by atoms with van der Waals surface area (Å²) >= 11 is 1.28. The van der Waals surface area contributed by atoms with Gasteiger partial charge in [-0.3, -0.25) is 4.98 Å². The molecule has 0 aliphatic carbocycles. The number of halogens is 2. The fourth-order valence-electron chi connectivity index (χ4n) is 2.52. The number of imidazole rings is 1. The topological polar surface area (TPSA) is 67.6 Å². The van der Waals surface area contributed by atoms with Gasteiger partial charge in [-0.15, -0.1) is 0 Å². The van der Waals surface area contributed by atoms with Crippen LogP contribution in [-0.4, -0.2) is 42.6 Å². The van der Waals surface area contributed by atoms with Crippen LogP contribution in [0, 0.1) is 0 Å². The van der Waals surface area contributed by atoms with Gasteiger partial charge < -0.3 is 19.0 Å². The molecule has 27 heavy (non-hydrogen) atoms. The number of alkyl halides is 2. The molecule has 1 aromatic carbocycles. The number of methoxy groups -OCH3 is 2. The van der Waals surface area contributed by atoms with E-state index >= 15 is 0 Å². The van der Waals surface area contributed by atoms with E-state index in [0.717, 1.165) is 0 Å². The monoisotopic (exact) mass is 397 g/mol. The molecule has 0 fully saturated rings.